The van der Waals surface area contributed by atoms with Gasteiger partial charge in [0.1, 0.15) is 5.01 Å². The van der Waals surface area contributed by atoms with Crippen molar-refractivity contribution in [2.45, 2.75) is 13.0 Å². The van der Waals surface area contributed by atoms with E-state index in [1.807, 2.05) is 73.8 Å². The summed E-state index contributed by atoms with van der Waals surface area (Å²) in [7, 11) is 1.85. The second-order valence-corrected chi connectivity index (χ2v) is 7.74. The molecule has 2 heterocycles. The van der Waals surface area contributed by atoms with E-state index in [-0.39, 0.29) is 5.91 Å². The number of likely N-dealkylation sites (N-methyl/N-ethyl adjacent to an activating group) is 1. The van der Waals surface area contributed by atoms with E-state index in [1.165, 1.54) is 0 Å². The molecular formula is C24H21N3OS. The van der Waals surface area contributed by atoms with Gasteiger partial charge in [-0.25, -0.2) is 4.98 Å². The fourth-order valence-electron chi connectivity index (χ4n) is 3.08. The van der Waals surface area contributed by atoms with E-state index in [0.29, 0.717) is 13.0 Å². The van der Waals surface area contributed by atoms with Crippen molar-refractivity contribution in [1.82, 2.24) is 14.9 Å². The quantitative estimate of drug-likeness (QED) is 0.455. The summed E-state index contributed by atoms with van der Waals surface area (Å²) in [6, 6.07) is 22.0. The van der Waals surface area contributed by atoms with Gasteiger partial charge < -0.3 is 4.90 Å². The first-order valence-electron chi connectivity index (χ1n) is 9.42. The number of hydrogen-bond acceptors (Lipinski definition) is 4. The van der Waals surface area contributed by atoms with Gasteiger partial charge in [-0.1, -0.05) is 54.6 Å². The van der Waals surface area contributed by atoms with Gasteiger partial charge in [0.05, 0.1) is 12.1 Å². The molecule has 4 rings (SSSR count). The van der Waals surface area contributed by atoms with Crippen LogP contribution in [0.3, 0.4) is 0 Å². The van der Waals surface area contributed by atoms with Crippen LogP contribution in [0, 0.1) is 0 Å². The molecule has 0 N–H and O–H groups in total. The molecule has 4 nitrogen and oxygen atoms in total. The number of benzene rings is 2. The van der Waals surface area contributed by atoms with E-state index < -0.39 is 0 Å². The highest BCUT2D eigenvalue weighted by Gasteiger charge is 2.11. The molecule has 0 saturated heterocycles. The van der Waals surface area contributed by atoms with Crippen molar-refractivity contribution in [3.05, 3.63) is 95.6 Å². The van der Waals surface area contributed by atoms with Gasteiger partial charge in [-0.15, -0.1) is 11.3 Å². The highest BCUT2D eigenvalue weighted by Crippen LogP contribution is 2.28. The topological polar surface area (TPSA) is 46.1 Å². The maximum absolute atomic E-state index is 12.5. The molecular weight excluding hydrogens is 378 g/mol. The molecule has 5 heteroatoms. The summed E-state index contributed by atoms with van der Waals surface area (Å²) < 4.78 is 0. The predicted molar refractivity (Wildman–Crippen MR) is 117 cm³/mol. The first-order valence-corrected chi connectivity index (χ1v) is 10.3. The Balaban J connectivity index is 1.40. The molecule has 0 aliphatic heterocycles. The molecule has 2 aromatic carbocycles. The number of nitrogens with zero attached hydrogens (tertiary/aromatic N) is 3. The summed E-state index contributed by atoms with van der Waals surface area (Å²) in [5.41, 5.74) is 5.20. The fraction of sp³-hybridized carbons (Fsp3) is 0.125. The number of aromatic nitrogens is 2. The summed E-state index contributed by atoms with van der Waals surface area (Å²) in [4.78, 5) is 23.1. The molecule has 0 bridgehead atoms. The highest BCUT2D eigenvalue weighted by molar-refractivity contribution is 7.13. The van der Waals surface area contributed by atoms with Crippen LogP contribution in [0.2, 0.25) is 0 Å². The molecule has 0 radical (unpaired) electrons. The third-order valence-corrected chi connectivity index (χ3v) is 5.62. The molecule has 0 atom stereocenters. The molecule has 0 unspecified atom stereocenters. The number of thiazole rings is 1. The van der Waals surface area contributed by atoms with Gasteiger partial charge in [-0.3, -0.25) is 9.78 Å². The van der Waals surface area contributed by atoms with Crippen LogP contribution < -0.4 is 0 Å². The first-order chi connectivity index (χ1) is 14.2. The Labute approximate surface area is 174 Å². The van der Waals surface area contributed by atoms with Gasteiger partial charge in [-0.2, -0.15) is 0 Å². The van der Waals surface area contributed by atoms with Crippen LogP contribution in [0.4, 0.5) is 0 Å². The zero-order valence-corrected chi connectivity index (χ0v) is 17.0. The van der Waals surface area contributed by atoms with Crippen molar-refractivity contribution in [2.24, 2.45) is 0 Å². The summed E-state index contributed by atoms with van der Waals surface area (Å²) in [5, 5.41) is 3.04. The molecule has 1 amide bonds. The summed E-state index contributed by atoms with van der Waals surface area (Å²) in [6.07, 6.45) is 3.94. The van der Waals surface area contributed by atoms with Crippen molar-refractivity contribution in [3.63, 3.8) is 0 Å². The Kier molecular flexibility index (Phi) is 5.77. The van der Waals surface area contributed by atoms with Crippen LogP contribution in [0.15, 0.2) is 84.5 Å². The lowest BCUT2D eigenvalue weighted by Gasteiger charge is -2.17. The maximum atomic E-state index is 12.5. The van der Waals surface area contributed by atoms with Gasteiger partial charge in [0.2, 0.25) is 5.91 Å². The zero-order chi connectivity index (χ0) is 20.1. The molecule has 0 fully saturated rings. The average molecular weight is 400 g/mol. The lowest BCUT2D eigenvalue weighted by molar-refractivity contribution is -0.129. The number of carbonyl (C=O) groups is 1. The zero-order valence-electron chi connectivity index (χ0n) is 16.2. The number of rotatable bonds is 6. The number of carbonyl (C=O) groups excluding carboxylic acids is 1. The third-order valence-electron chi connectivity index (χ3n) is 4.72. The number of pyridine rings is 1. The predicted octanol–water partition coefficient (Wildman–Crippen LogP) is 5.07. The van der Waals surface area contributed by atoms with Crippen LogP contribution in [0.5, 0.6) is 0 Å². The number of hydrogen-bond donors (Lipinski definition) is 0. The van der Waals surface area contributed by atoms with E-state index in [2.05, 4.69) is 10.4 Å². The second-order valence-electron chi connectivity index (χ2n) is 6.88. The highest BCUT2D eigenvalue weighted by atomic mass is 32.1. The first kappa shape index (κ1) is 19.0. The largest absolute Gasteiger partial charge is 0.341 e. The van der Waals surface area contributed by atoms with Gasteiger partial charge in [0.15, 0.2) is 0 Å². The van der Waals surface area contributed by atoms with E-state index in [0.717, 1.165) is 33.0 Å². The molecule has 0 aliphatic carbocycles. The number of amides is 1. The van der Waals surface area contributed by atoms with Crippen LogP contribution in [0.25, 0.3) is 21.8 Å². The van der Waals surface area contributed by atoms with Crippen LogP contribution >= 0.6 is 11.3 Å². The monoisotopic (exact) mass is 399 g/mol. The van der Waals surface area contributed by atoms with Gasteiger partial charge in [-0.05, 0) is 23.3 Å². The minimum absolute atomic E-state index is 0.107. The van der Waals surface area contributed by atoms with Gasteiger partial charge in [0.25, 0.3) is 0 Å². The van der Waals surface area contributed by atoms with E-state index in [1.54, 1.807) is 28.6 Å². The Bertz CT molecular complexity index is 1080. The van der Waals surface area contributed by atoms with Crippen LogP contribution in [0.1, 0.15) is 11.1 Å². The molecule has 4 aromatic rings. The Hall–Kier alpha value is -3.31. The van der Waals surface area contributed by atoms with Crippen molar-refractivity contribution in [2.75, 3.05) is 7.05 Å². The third kappa shape index (κ3) is 4.76. The van der Waals surface area contributed by atoms with Crippen molar-refractivity contribution in [1.29, 1.82) is 0 Å². The van der Waals surface area contributed by atoms with Gasteiger partial charge >= 0.3 is 0 Å². The normalized spacial score (nSPS) is 10.7. The summed E-state index contributed by atoms with van der Waals surface area (Å²) in [6.45, 7) is 0.619. The smallest absolute Gasteiger partial charge is 0.227 e. The standard InChI is InChI=1S/C24H21N3OS/c1-27(16-19-5-3-2-4-6-19)23(28)15-18-7-9-20(10-8-18)22-17-29-24(26-22)21-11-13-25-14-12-21/h2-14,17H,15-16H2,1H3. The van der Waals surface area contributed by atoms with Crippen molar-refractivity contribution >= 4 is 17.2 Å². The molecule has 0 aliphatic rings. The van der Waals surface area contributed by atoms with Crippen LogP contribution in [-0.4, -0.2) is 27.8 Å². The molecule has 29 heavy (non-hydrogen) atoms. The summed E-state index contributed by atoms with van der Waals surface area (Å²) >= 11 is 1.62. The van der Waals surface area contributed by atoms with E-state index in [4.69, 9.17) is 4.98 Å². The van der Waals surface area contributed by atoms with Crippen molar-refractivity contribution < 1.29 is 4.79 Å². The average Bonchev–Trinajstić information content (AvgIpc) is 3.26. The van der Waals surface area contributed by atoms with E-state index >= 15 is 0 Å². The summed E-state index contributed by atoms with van der Waals surface area (Å²) in [5.74, 6) is 0.107. The maximum Gasteiger partial charge on any atom is 0.227 e. The molecule has 0 spiro atoms. The molecule has 144 valence electrons. The SMILES string of the molecule is CN(Cc1ccccc1)C(=O)Cc1ccc(-c2csc(-c3ccncc3)n2)cc1. The lowest BCUT2D eigenvalue weighted by atomic mass is 10.1. The van der Waals surface area contributed by atoms with E-state index in [9.17, 15) is 4.79 Å². The Morgan fingerprint density at radius 1 is 0.897 bits per heavy atom. The minimum Gasteiger partial charge on any atom is -0.341 e. The van der Waals surface area contributed by atoms with Crippen LogP contribution in [-0.2, 0) is 17.8 Å². The Morgan fingerprint density at radius 3 is 2.34 bits per heavy atom. The van der Waals surface area contributed by atoms with Crippen molar-refractivity contribution in [3.8, 4) is 21.8 Å². The minimum atomic E-state index is 0.107. The fourth-order valence-corrected chi connectivity index (χ4v) is 3.92. The second kappa shape index (κ2) is 8.80. The van der Waals surface area contributed by atoms with Gasteiger partial charge in [0, 0.05) is 42.5 Å². The molecule has 2 aromatic heterocycles. The Morgan fingerprint density at radius 2 is 1.62 bits per heavy atom. The molecule has 0 saturated carbocycles. The lowest BCUT2D eigenvalue weighted by Crippen LogP contribution is -2.27.